The molecule has 7 nitrogen and oxygen atoms in total. The smallest absolute Gasteiger partial charge is 0.276 e. The lowest BCUT2D eigenvalue weighted by Crippen LogP contribution is -2.29. The molecule has 0 bridgehead atoms. The monoisotopic (exact) mass is 416 g/mol. The standard InChI is InChI=1S/C23H21FN6O/c24-19-6-7-25-14-21(19)27-23(31)22-18-11-15(4-5-20(18)28-29-22)16-10-17(13-26-12-16)30-8-2-1-3-9-30/h4-7,10-14H,1-3,8-9H2,(H,27,31)(H,28,29). The predicted molar refractivity (Wildman–Crippen MR) is 118 cm³/mol. The number of H-pyrrole nitrogens is 1. The van der Waals surface area contributed by atoms with Crippen molar-refractivity contribution < 1.29 is 9.18 Å². The molecule has 0 atom stereocenters. The molecule has 1 aliphatic heterocycles. The number of aromatic nitrogens is 4. The molecule has 4 heterocycles. The highest BCUT2D eigenvalue weighted by Crippen LogP contribution is 2.29. The quantitative estimate of drug-likeness (QED) is 0.515. The van der Waals surface area contributed by atoms with Crippen molar-refractivity contribution in [1.29, 1.82) is 0 Å². The second kappa shape index (κ2) is 8.14. The van der Waals surface area contributed by atoms with Gasteiger partial charge in [0.1, 0.15) is 5.82 Å². The van der Waals surface area contributed by atoms with E-state index in [9.17, 15) is 9.18 Å². The van der Waals surface area contributed by atoms with Gasteiger partial charge in [-0.3, -0.25) is 19.9 Å². The number of anilines is 2. The maximum Gasteiger partial charge on any atom is 0.276 e. The molecule has 0 aliphatic carbocycles. The van der Waals surface area contributed by atoms with Crippen LogP contribution in [0.2, 0.25) is 0 Å². The Morgan fingerprint density at radius 1 is 1.00 bits per heavy atom. The normalized spacial score (nSPS) is 14.0. The molecule has 1 aromatic carbocycles. The highest BCUT2D eigenvalue weighted by Gasteiger charge is 2.17. The summed E-state index contributed by atoms with van der Waals surface area (Å²) in [6.07, 6.45) is 9.97. The SMILES string of the molecule is O=C(Nc1cnccc1F)c1n[nH]c2ccc(-c3cncc(N4CCCCC4)c3)cc12. The van der Waals surface area contributed by atoms with Gasteiger partial charge < -0.3 is 10.2 Å². The van der Waals surface area contributed by atoms with Gasteiger partial charge in [0.25, 0.3) is 5.91 Å². The average molecular weight is 416 g/mol. The zero-order valence-electron chi connectivity index (χ0n) is 16.8. The van der Waals surface area contributed by atoms with Gasteiger partial charge in [-0.05, 0) is 49.1 Å². The van der Waals surface area contributed by atoms with Crippen LogP contribution in [0.25, 0.3) is 22.0 Å². The Morgan fingerprint density at radius 2 is 1.87 bits per heavy atom. The number of amides is 1. The summed E-state index contributed by atoms with van der Waals surface area (Å²) in [6.45, 7) is 2.09. The molecule has 156 valence electrons. The van der Waals surface area contributed by atoms with E-state index in [1.54, 1.807) is 0 Å². The molecule has 0 spiro atoms. The van der Waals surface area contributed by atoms with Crippen LogP contribution in [0, 0.1) is 5.82 Å². The van der Waals surface area contributed by atoms with Crippen molar-refractivity contribution in [1.82, 2.24) is 20.2 Å². The Morgan fingerprint density at radius 3 is 2.71 bits per heavy atom. The van der Waals surface area contributed by atoms with Gasteiger partial charge in [0, 0.05) is 36.4 Å². The van der Waals surface area contributed by atoms with Gasteiger partial charge >= 0.3 is 0 Å². The van der Waals surface area contributed by atoms with Crippen LogP contribution in [0.1, 0.15) is 29.8 Å². The summed E-state index contributed by atoms with van der Waals surface area (Å²) in [6, 6.07) is 9.08. The molecule has 1 fully saturated rings. The maximum absolute atomic E-state index is 13.9. The van der Waals surface area contributed by atoms with Gasteiger partial charge in [-0.1, -0.05) is 6.07 Å². The van der Waals surface area contributed by atoms with Crippen molar-refractivity contribution in [3.63, 3.8) is 0 Å². The third kappa shape index (κ3) is 3.84. The van der Waals surface area contributed by atoms with Crippen LogP contribution in [0.5, 0.6) is 0 Å². The number of aromatic amines is 1. The minimum absolute atomic E-state index is 0.0123. The number of nitrogens with zero attached hydrogens (tertiary/aromatic N) is 4. The molecule has 31 heavy (non-hydrogen) atoms. The molecular weight excluding hydrogens is 395 g/mol. The number of fused-ring (bicyclic) bond motifs is 1. The van der Waals surface area contributed by atoms with Crippen molar-refractivity contribution in [2.45, 2.75) is 19.3 Å². The minimum atomic E-state index is -0.551. The number of hydrogen-bond donors (Lipinski definition) is 2. The fourth-order valence-electron chi connectivity index (χ4n) is 3.93. The number of halogens is 1. The number of carbonyl (C=O) groups excluding carboxylic acids is 1. The molecule has 1 amide bonds. The number of nitrogens with one attached hydrogen (secondary N) is 2. The van der Waals surface area contributed by atoms with E-state index in [1.165, 1.54) is 37.7 Å². The summed E-state index contributed by atoms with van der Waals surface area (Å²) < 4.78 is 13.9. The molecule has 0 saturated carbocycles. The van der Waals surface area contributed by atoms with Crippen LogP contribution in [0.4, 0.5) is 15.8 Å². The molecule has 4 aromatic rings. The molecule has 3 aromatic heterocycles. The number of benzene rings is 1. The van der Waals surface area contributed by atoms with Crippen LogP contribution in [0.3, 0.4) is 0 Å². The number of carbonyl (C=O) groups is 1. The van der Waals surface area contributed by atoms with E-state index in [2.05, 4.69) is 36.4 Å². The van der Waals surface area contributed by atoms with Gasteiger partial charge in [-0.2, -0.15) is 5.10 Å². The Hall–Kier alpha value is -3.81. The predicted octanol–water partition coefficient (Wildman–Crippen LogP) is 4.40. The lowest BCUT2D eigenvalue weighted by Gasteiger charge is -2.28. The van der Waals surface area contributed by atoms with E-state index >= 15 is 0 Å². The van der Waals surface area contributed by atoms with Crippen molar-refractivity contribution in [2.24, 2.45) is 0 Å². The second-order valence-corrected chi connectivity index (χ2v) is 7.62. The molecule has 1 aliphatic rings. The van der Waals surface area contributed by atoms with Crippen LogP contribution in [-0.2, 0) is 0 Å². The maximum atomic E-state index is 13.9. The Kier molecular flexibility index (Phi) is 5.03. The van der Waals surface area contributed by atoms with Crippen LogP contribution in [-0.4, -0.2) is 39.2 Å². The summed E-state index contributed by atoms with van der Waals surface area (Å²) in [4.78, 5) is 23.4. The third-order valence-electron chi connectivity index (χ3n) is 5.57. The number of rotatable bonds is 4. The zero-order valence-corrected chi connectivity index (χ0v) is 16.8. The van der Waals surface area contributed by atoms with E-state index in [0.29, 0.717) is 5.39 Å². The number of pyridine rings is 2. The number of hydrogen-bond acceptors (Lipinski definition) is 5. The minimum Gasteiger partial charge on any atom is -0.370 e. The molecule has 0 unspecified atom stereocenters. The van der Waals surface area contributed by atoms with Gasteiger partial charge in [0.05, 0.1) is 29.3 Å². The first kappa shape index (κ1) is 19.2. The van der Waals surface area contributed by atoms with Crippen LogP contribution >= 0.6 is 0 Å². The lowest BCUT2D eigenvalue weighted by atomic mass is 10.0. The fraction of sp³-hybridized carbons (Fsp3) is 0.217. The van der Waals surface area contributed by atoms with Gasteiger partial charge in [-0.15, -0.1) is 0 Å². The summed E-state index contributed by atoms with van der Waals surface area (Å²) in [7, 11) is 0. The van der Waals surface area contributed by atoms with E-state index in [1.807, 2.05) is 30.6 Å². The van der Waals surface area contributed by atoms with Crippen molar-refractivity contribution in [2.75, 3.05) is 23.3 Å². The van der Waals surface area contributed by atoms with Crippen molar-refractivity contribution >= 4 is 28.2 Å². The van der Waals surface area contributed by atoms with E-state index in [4.69, 9.17) is 0 Å². The van der Waals surface area contributed by atoms with E-state index in [-0.39, 0.29) is 11.4 Å². The first-order valence-corrected chi connectivity index (χ1v) is 10.3. The highest BCUT2D eigenvalue weighted by atomic mass is 19.1. The summed E-state index contributed by atoms with van der Waals surface area (Å²) in [5.74, 6) is -1.06. The average Bonchev–Trinajstić information content (AvgIpc) is 3.25. The molecule has 5 rings (SSSR count). The van der Waals surface area contributed by atoms with Crippen molar-refractivity contribution in [3.05, 3.63) is 66.6 Å². The Bertz CT molecular complexity index is 1250. The van der Waals surface area contributed by atoms with Crippen LogP contribution < -0.4 is 10.2 Å². The summed E-state index contributed by atoms with van der Waals surface area (Å²) >= 11 is 0. The first-order valence-electron chi connectivity index (χ1n) is 10.3. The van der Waals surface area contributed by atoms with E-state index in [0.717, 1.165) is 35.4 Å². The van der Waals surface area contributed by atoms with Gasteiger partial charge in [0.2, 0.25) is 0 Å². The van der Waals surface area contributed by atoms with Gasteiger partial charge in [-0.25, -0.2) is 4.39 Å². The number of piperidine rings is 1. The molecule has 2 N–H and O–H groups in total. The Balaban J connectivity index is 1.47. The largest absolute Gasteiger partial charge is 0.370 e. The Labute approximate surface area is 178 Å². The fourth-order valence-corrected chi connectivity index (χ4v) is 3.93. The summed E-state index contributed by atoms with van der Waals surface area (Å²) in [5.41, 5.74) is 3.94. The van der Waals surface area contributed by atoms with Gasteiger partial charge in [0.15, 0.2) is 5.69 Å². The van der Waals surface area contributed by atoms with Crippen LogP contribution in [0.15, 0.2) is 55.1 Å². The highest BCUT2D eigenvalue weighted by molar-refractivity contribution is 6.11. The van der Waals surface area contributed by atoms with Crippen molar-refractivity contribution in [3.8, 4) is 11.1 Å². The van der Waals surface area contributed by atoms with E-state index < -0.39 is 11.7 Å². The lowest BCUT2D eigenvalue weighted by molar-refractivity contribution is 0.102. The molecule has 0 radical (unpaired) electrons. The molecule has 8 heteroatoms. The topological polar surface area (TPSA) is 86.8 Å². The third-order valence-corrected chi connectivity index (χ3v) is 5.57. The zero-order chi connectivity index (χ0) is 21.2. The summed E-state index contributed by atoms with van der Waals surface area (Å²) in [5, 5.41) is 10.2. The molecule has 1 saturated heterocycles. The second-order valence-electron chi connectivity index (χ2n) is 7.62. The first-order chi connectivity index (χ1) is 15.2. The molecular formula is C23H21FN6O.